The number of carbonyl (C=O) groups excluding carboxylic acids is 1. The second-order valence-corrected chi connectivity index (χ2v) is 3.91. The summed E-state index contributed by atoms with van der Waals surface area (Å²) in [4.78, 5) is 16.0. The molecule has 0 bridgehead atoms. The molecule has 4 nitrogen and oxygen atoms in total. The van der Waals surface area contributed by atoms with Crippen LogP contribution in [0.2, 0.25) is 0 Å². The van der Waals surface area contributed by atoms with Crippen molar-refractivity contribution in [1.29, 1.82) is 0 Å². The molecule has 1 aromatic heterocycles. The molecule has 0 aliphatic rings. The summed E-state index contributed by atoms with van der Waals surface area (Å²) in [7, 11) is 0. The fraction of sp³-hybridized carbons (Fsp3) is 0.231. The molecule has 1 aromatic carbocycles. The van der Waals surface area contributed by atoms with Crippen molar-refractivity contribution in [2.75, 3.05) is 12.3 Å². The number of benzene rings is 1. The molecule has 88 valence electrons. The number of hydrogen-bond acceptors (Lipinski definition) is 3. The predicted octanol–water partition coefficient (Wildman–Crippen LogP) is 1.88. The number of nitrogens with zero attached hydrogens (tertiary/aromatic N) is 1. The van der Waals surface area contributed by atoms with Gasteiger partial charge in [-0.3, -0.25) is 9.78 Å². The zero-order valence-corrected chi connectivity index (χ0v) is 9.95. The number of rotatable bonds is 2. The first-order chi connectivity index (χ1) is 8.15. The number of pyridine rings is 1. The lowest BCUT2D eigenvalue weighted by Crippen LogP contribution is -2.24. The summed E-state index contributed by atoms with van der Waals surface area (Å²) in [6, 6.07) is 5.63. The molecule has 0 saturated heterocycles. The minimum atomic E-state index is -0.165. The molecule has 1 heterocycles. The van der Waals surface area contributed by atoms with Crippen LogP contribution in [0.15, 0.2) is 24.4 Å². The molecule has 0 radical (unpaired) electrons. The van der Waals surface area contributed by atoms with Gasteiger partial charge in [0.05, 0.1) is 0 Å². The van der Waals surface area contributed by atoms with Gasteiger partial charge in [0.25, 0.3) is 5.91 Å². The van der Waals surface area contributed by atoms with Crippen molar-refractivity contribution in [3.63, 3.8) is 0 Å². The molecule has 0 fully saturated rings. The van der Waals surface area contributed by atoms with E-state index in [1.807, 2.05) is 32.0 Å². The Morgan fingerprint density at radius 3 is 2.82 bits per heavy atom. The van der Waals surface area contributed by atoms with Gasteiger partial charge in [-0.15, -0.1) is 0 Å². The summed E-state index contributed by atoms with van der Waals surface area (Å²) in [5, 5.41) is 4.42. The molecule has 4 heteroatoms. The Morgan fingerprint density at radius 1 is 1.35 bits per heavy atom. The normalized spacial score (nSPS) is 10.5. The Balaban J connectivity index is 2.66. The first-order valence-corrected chi connectivity index (χ1v) is 5.57. The monoisotopic (exact) mass is 229 g/mol. The Morgan fingerprint density at radius 2 is 2.12 bits per heavy atom. The molecule has 0 atom stereocenters. The summed E-state index contributed by atoms with van der Waals surface area (Å²) in [5.41, 5.74) is 8.14. The van der Waals surface area contributed by atoms with E-state index in [0.29, 0.717) is 17.9 Å². The second-order valence-electron chi connectivity index (χ2n) is 3.91. The van der Waals surface area contributed by atoms with Crippen molar-refractivity contribution < 1.29 is 4.79 Å². The molecule has 2 rings (SSSR count). The summed E-state index contributed by atoms with van der Waals surface area (Å²) < 4.78 is 0. The molecule has 0 aliphatic carbocycles. The number of nitrogens with one attached hydrogen (secondary N) is 1. The highest BCUT2D eigenvalue weighted by Crippen LogP contribution is 2.25. The molecular weight excluding hydrogens is 214 g/mol. The number of anilines is 1. The van der Waals surface area contributed by atoms with Gasteiger partial charge in [0.2, 0.25) is 0 Å². The van der Waals surface area contributed by atoms with Crippen LogP contribution in [0.5, 0.6) is 0 Å². The maximum absolute atomic E-state index is 11.8. The highest BCUT2D eigenvalue weighted by Gasteiger charge is 2.12. The number of nitrogens with two attached hydrogens (primary N) is 1. The van der Waals surface area contributed by atoms with Crippen LogP contribution in [0.4, 0.5) is 5.69 Å². The molecule has 0 saturated carbocycles. The van der Waals surface area contributed by atoms with Gasteiger partial charge < -0.3 is 11.1 Å². The van der Waals surface area contributed by atoms with Crippen LogP contribution in [0.25, 0.3) is 10.8 Å². The number of aromatic nitrogens is 1. The second kappa shape index (κ2) is 4.41. The Hall–Kier alpha value is -2.10. The SMILES string of the molecule is CCNC(=O)c1nccc2c(N)c(C)ccc12. The number of carbonyl (C=O) groups is 1. The zero-order valence-electron chi connectivity index (χ0n) is 9.95. The van der Waals surface area contributed by atoms with Crippen LogP contribution >= 0.6 is 0 Å². The van der Waals surface area contributed by atoms with Gasteiger partial charge in [-0.2, -0.15) is 0 Å². The molecule has 0 spiro atoms. The van der Waals surface area contributed by atoms with E-state index in [4.69, 9.17) is 5.73 Å². The average Bonchev–Trinajstić information content (AvgIpc) is 2.33. The quantitative estimate of drug-likeness (QED) is 0.772. The van der Waals surface area contributed by atoms with Crippen LogP contribution in [-0.2, 0) is 0 Å². The molecule has 0 unspecified atom stereocenters. The first-order valence-electron chi connectivity index (χ1n) is 5.57. The van der Waals surface area contributed by atoms with E-state index in [1.54, 1.807) is 6.20 Å². The van der Waals surface area contributed by atoms with Crippen LogP contribution in [0.1, 0.15) is 23.0 Å². The summed E-state index contributed by atoms with van der Waals surface area (Å²) in [6.07, 6.45) is 1.61. The topological polar surface area (TPSA) is 68.0 Å². The Labute approximate surface area is 99.8 Å². The maximum atomic E-state index is 11.8. The lowest BCUT2D eigenvalue weighted by atomic mass is 10.0. The molecule has 17 heavy (non-hydrogen) atoms. The zero-order chi connectivity index (χ0) is 12.4. The van der Waals surface area contributed by atoms with Gasteiger partial charge >= 0.3 is 0 Å². The number of aryl methyl sites for hydroxylation is 1. The molecule has 0 aliphatic heterocycles. The van der Waals surface area contributed by atoms with Crippen molar-refractivity contribution in [2.45, 2.75) is 13.8 Å². The van der Waals surface area contributed by atoms with Crippen molar-refractivity contribution in [3.8, 4) is 0 Å². The van der Waals surface area contributed by atoms with E-state index >= 15 is 0 Å². The smallest absolute Gasteiger partial charge is 0.270 e. The lowest BCUT2D eigenvalue weighted by Gasteiger charge is -2.09. The number of nitrogen functional groups attached to an aromatic ring is 1. The van der Waals surface area contributed by atoms with Gasteiger partial charge in [0.1, 0.15) is 5.69 Å². The third kappa shape index (κ3) is 1.93. The number of hydrogen-bond donors (Lipinski definition) is 2. The highest BCUT2D eigenvalue weighted by atomic mass is 16.1. The molecule has 1 amide bonds. The van der Waals surface area contributed by atoms with E-state index in [-0.39, 0.29) is 5.91 Å². The van der Waals surface area contributed by atoms with Gasteiger partial charge in [0, 0.05) is 29.2 Å². The minimum absolute atomic E-state index is 0.165. The highest BCUT2D eigenvalue weighted by molar-refractivity contribution is 6.08. The van der Waals surface area contributed by atoms with Crippen LogP contribution in [0.3, 0.4) is 0 Å². The fourth-order valence-corrected chi connectivity index (χ4v) is 1.81. The largest absolute Gasteiger partial charge is 0.398 e. The third-order valence-electron chi connectivity index (χ3n) is 2.76. The Kier molecular flexibility index (Phi) is 2.95. The van der Waals surface area contributed by atoms with Crippen molar-refractivity contribution in [2.24, 2.45) is 0 Å². The predicted molar refractivity (Wildman–Crippen MR) is 68.9 cm³/mol. The van der Waals surface area contributed by atoms with Crippen molar-refractivity contribution >= 4 is 22.4 Å². The van der Waals surface area contributed by atoms with Crippen molar-refractivity contribution in [3.05, 3.63) is 35.7 Å². The molecular formula is C13H15N3O. The summed E-state index contributed by atoms with van der Waals surface area (Å²) >= 11 is 0. The van der Waals surface area contributed by atoms with Crippen LogP contribution in [0, 0.1) is 6.92 Å². The third-order valence-corrected chi connectivity index (χ3v) is 2.76. The summed E-state index contributed by atoms with van der Waals surface area (Å²) in [6.45, 7) is 4.40. The first kappa shape index (κ1) is 11.4. The van der Waals surface area contributed by atoms with Gasteiger partial charge in [-0.25, -0.2) is 0 Å². The summed E-state index contributed by atoms with van der Waals surface area (Å²) in [5.74, 6) is -0.165. The van der Waals surface area contributed by atoms with Crippen molar-refractivity contribution in [1.82, 2.24) is 10.3 Å². The minimum Gasteiger partial charge on any atom is -0.398 e. The number of fused-ring (bicyclic) bond motifs is 1. The fourth-order valence-electron chi connectivity index (χ4n) is 1.81. The lowest BCUT2D eigenvalue weighted by molar-refractivity contribution is 0.0952. The standard InChI is InChI=1S/C13H15N3O/c1-3-15-13(17)12-10-5-4-8(2)11(14)9(10)6-7-16-12/h4-7H,3,14H2,1-2H3,(H,15,17). The molecule has 3 N–H and O–H groups in total. The Bertz CT molecular complexity index is 578. The van der Waals surface area contributed by atoms with Gasteiger partial charge in [-0.05, 0) is 25.5 Å². The van der Waals surface area contributed by atoms with E-state index in [0.717, 1.165) is 16.3 Å². The maximum Gasteiger partial charge on any atom is 0.270 e. The van der Waals surface area contributed by atoms with E-state index in [2.05, 4.69) is 10.3 Å². The average molecular weight is 229 g/mol. The van der Waals surface area contributed by atoms with E-state index in [1.165, 1.54) is 0 Å². The number of amides is 1. The van der Waals surface area contributed by atoms with Gasteiger partial charge in [-0.1, -0.05) is 12.1 Å². The van der Waals surface area contributed by atoms with Crippen LogP contribution < -0.4 is 11.1 Å². The molecule has 2 aromatic rings. The van der Waals surface area contributed by atoms with E-state index < -0.39 is 0 Å². The van der Waals surface area contributed by atoms with E-state index in [9.17, 15) is 4.79 Å². The van der Waals surface area contributed by atoms with Gasteiger partial charge in [0.15, 0.2) is 0 Å². The van der Waals surface area contributed by atoms with Crippen LogP contribution in [-0.4, -0.2) is 17.4 Å².